The number of hydrogen-bond donors (Lipinski definition) is 2. The molecule has 0 unspecified atom stereocenters. The van der Waals surface area contributed by atoms with Gasteiger partial charge in [-0.15, -0.1) is 10.2 Å². The summed E-state index contributed by atoms with van der Waals surface area (Å²) in [7, 11) is 1.82. The van der Waals surface area contributed by atoms with Crippen LogP contribution in [0.25, 0.3) is 0 Å². The Kier molecular flexibility index (Phi) is 6.54. The van der Waals surface area contributed by atoms with Crippen LogP contribution in [0.2, 0.25) is 0 Å². The molecular weight excluding hydrogens is 366 g/mol. The smallest absolute Gasteiger partial charge is 0.287 e. The van der Waals surface area contributed by atoms with E-state index in [9.17, 15) is 9.59 Å². The van der Waals surface area contributed by atoms with Crippen LogP contribution >= 0.6 is 11.8 Å². The quantitative estimate of drug-likeness (QED) is 0.701. The summed E-state index contributed by atoms with van der Waals surface area (Å²) in [6.45, 7) is 2.43. The minimum atomic E-state index is -0.307. The fourth-order valence-corrected chi connectivity index (χ4v) is 3.93. The molecule has 2 N–H and O–H groups in total. The van der Waals surface area contributed by atoms with Crippen molar-refractivity contribution in [1.29, 1.82) is 0 Å². The second kappa shape index (κ2) is 9.07. The van der Waals surface area contributed by atoms with Gasteiger partial charge in [-0.2, -0.15) is 0 Å². The van der Waals surface area contributed by atoms with Crippen LogP contribution in [-0.2, 0) is 18.4 Å². The molecule has 1 aliphatic carbocycles. The monoisotopic (exact) mass is 391 g/mol. The van der Waals surface area contributed by atoms with E-state index in [1.165, 1.54) is 37.3 Å². The average Bonchev–Trinajstić information content (AvgIpc) is 3.31. The highest BCUT2D eigenvalue weighted by molar-refractivity contribution is 7.99. The zero-order chi connectivity index (χ0) is 19.2. The van der Waals surface area contributed by atoms with E-state index in [2.05, 4.69) is 27.8 Å². The van der Waals surface area contributed by atoms with Crippen LogP contribution in [0.1, 0.15) is 49.0 Å². The Hall–Kier alpha value is -2.29. The van der Waals surface area contributed by atoms with Gasteiger partial charge in [0.05, 0.1) is 18.6 Å². The lowest BCUT2D eigenvalue weighted by molar-refractivity contribution is -0.119. The molecule has 2 aromatic rings. The van der Waals surface area contributed by atoms with Gasteiger partial charge in [-0.1, -0.05) is 31.5 Å². The third kappa shape index (κ3) is 5.12. The molecule has 0 bridgehead atoms. The third-order valence-electron chi connectivity index (χ3n) is 4.87. The molecule has 0 aromatic carbocycles. The summed E-state index contributed by atoms with van der Waals surface area (Å²) in [6.07, 6.45) is 6.11. The largest absolute Gasteiger partial charge is 0.459 e. The van der Waals surface area contributed by atoms with Crippen LogP contribution in [0.3, 0.4) is 0 Å². The van der Waals surface area contributed by atoms with Gasteiger partial charge in [0.2, 0.25) is 5.91 Å². The zero-order valence-corrected chi connectivity index (χ0v) is 16.4. The summed E-state index contributed by atoms with van der Waals surface area (Å²) >= 11 is 1.34. The molecular formula is C18H25N5O3S. The standard InChI is InChI=1S/C18H25N5O3S/c1-12-6-3-4-7-13(12)20-16(24)11-27-18-22-21-15(23(18)2)10-19-17(25)14-8-5-9-26-14/h5,8-9,12-13H,3-4,6-7,10-11H2,1-2H3,(H,19,25)(H,20,24)/t12-,13+/m1/s1. The number of aromatic nitrogens is 3. The van der Waals surface area contributed by atoms with Crippen LogP contribution in [0.4, 0.5) is 0 Å². The number of rotatable bonds is 7. The first-order valence-electron chi connectivity index (χ1n) is 9.16. The van der Waals surface area contributed by atoms with Crippen molar-refractivity contribution in [1.82, 2.24) is 25.4 Å². The summed E-state index contributed by atoms with van der Waals surface area (Å²) in [4.78, 5) is 24.1. The van der Waals surface area contributed by atoms with Gasteiger partial charge in [0.25, 0.3) is 5.91 Å². The van der Waals surface area contributed by atoms with Gasteiger partial charge < -0.3 is 19.6 Å². The number of nitrogens with one attached hydrogen (secondary N) is 2. The Morgan fingerprint density at radius 3 is 2.89 bits per heavy atom. The normalized spacial score (nSPS) is 19.6. The van der Waals surface area contributed by atoms with Crippen molar-refractivity contribution in [2.24, 2.45) is 13.0 Å². The molecule has 0 saturated heterocycles. The van der Waals surface area contributed by atoms with Crippen molar-refractivity contribution in [3.8, 4) is 0 Å². The number of furan rings is 1. The fourth-order valence-electron chi connectivity index (χ4n) is 3.19. The van der Waals surface area contributed by atoms with Crippen LogP contribution in [-0.4, -0.2) is 38.4 Å². The summed E-state index contributed by atoms with van der Waals surface area (Å²) < 4.78 is 6.83. The van der Waals surface area contributed by atoms with Crippen LogP contribution in [0.5, 0.6) is 0 Å². The molecule has 1 aliphatic rings. The maximum atomic E-state index is 12.2. The van der Waals surface area contributed by atoms with E-state index in [0.717, 1.165) is 6.42 Å². The number of amides is 2. The number of nitrogens with zero attached hydrogens (tertiary/aromatic N) is 3. The van der Waals surface area contributed by atoms with Gasteiger partial charge in [-0.05, 0) is 30.9 Å². The van der Waals surface area contributed by atoms with Gasteiger partial charge in [0.15, 0.2) is 16.7 Å². The van der Waals surface area contributed by atoms with Crippen LogP contribution in [0, 0.1) is 5.92 Å². The van der Waals surface area contributed by atoms with E-state index in [1.807, 2.05) is 7.05 Å². The van der Waals surface area contributed by atoms with E-state index in [-0.39, 0.29) is 30.2 Å². The Morgan fingerprint density at radius 1 is 1.33 bits per heavy atom. The molecule has 8 nitrogen and oxygen atoms in total. The SMILES string of the molecule is C[C@@H]1CCCC[C@@H]1NC(=O)CSc1nnc(CNC(=O)c2ccco2)n1C. The minimum Gasteiger partial charge on any atom is -0.459 e. The Labute approximate surface area is 162 Å². The van der Waals surface area contributed by atoms with Crippen molar-refractivity contribution in [2.45, 2.75) is 50.4 Å². The Balaban J connectivity index is 1.47. The van der Waals surface area contributed by atoms with Crippen LogP contribution in [0.15, 0.2) is 28.0 Å². The summed E-state index contributed by atoms with van der Waals surface area (Å²) in [6, 6.07) is 3.53. The Morgan fingerprint density at radius 2 is 2.15 bits per heavy atom. The fraction of sp³-hybridized carbons (Fsp3) is 0.556. The number of carbonyl (C=O) groups is 2. The molecule has 146 valence electrons. The molecule has 1 fully saturated rings. The predicted octanol–water partition coefficient (Wildman–Crippen LogP) is 2.13. The van der Waals surface area contributed by atoms with Crippen molar-refractivity contribution in [3.05, 3.63) is 30.0 Å². The number of hydrogen-bond acceptors (Lipinski definition) is 6. The van der Waals surface area contributed by atoms with Crippen LogP contribution < -0.4 is 10.6 Å². The zero-order valence-electron chi connectivity index (χ0n) is 15.6. The van der Waals surface area contributed by atoms with E-state index < -0.39 is 0 Å². The first-order chi connectivity index (χ1) is 13.0. The molecule has 2 amide bonds. The van der Waals surface area contributed by atoms with E-state index in [0.29, 0.717) is 22.7 Å². The molecule has 2 atom stereocenters. The molecule has 1 saturated carbocycles. The molecule has 0 spiro atoms. The first-order valence-corrected chi connectivity index (χ1v) is 10.1. The number of carbonyl (C=O) groups excluding carboxylic acids is 2. The Bertz CT molecular complexity index is 774. The minimum absolute atomic E-state index is 0.0226. The van der Waals surface area contributed by atoms with Crippen molar-refractivity contribution < 1.29 is 14.0 Å². The van der Waals surface area contributed by atoms with E-state index in [4.69, 9.17) is 4.42 Å². The van der Waals surface area contributed by atoms with Crippen molar-refractivity contribution >= 4 is 23.6 Å². The lowest BCUT2D eigenvalue weighted by Gasteiger charge is -2.29. The molecule has 2 aromatic heterocycles. The van der Waals surface area contributed by atoms with Gasteiger partial charge >= 0.3 is 0 Å². The summed E-state index contributed by atoms with van der Waals surface area (Å²) in [5, 5.41) is 14.7. The highest BCUT2D eigenvalue weighted by Crippen LogP contribution is 2.24. The van der Waals surface area contributed by atoms with Crippen molar-refractivity contribution in [2.75, 3.05) is 5.75 Å². The van der Waals surface area contributed by atoms with E-state index >= 15 is 0 Å². The first kappa shape index (κ1) is 19.5. The van der Waals surface area contributed by atoms with Crippen molar-refractivity contribution in [3.63, 3.8) is 0 Å². The lowest BCUT2D eigenvalue weighted by Crippen LogP contribution is -2.41. The average molecular weight is 391 g/mol. The maximum Gasteiger partial charge on any atom is 0.287 e. The molecule has 3 rings (SSSR count). The van der Waals surface area contributed by atoms with Gasteiger partial charge in [0, 0.05) is 13.1 Å². The lowest BCUT2D eigenvalue weighted by atomic mass is 9.86. The van der Waals surface area contributed by atoms with Gasteiger partial charge in [-0.25, -0.2) is 0 Å². The highest BCUT2D eigenvalue weighted by atomic mass is 32.2. The van der Waals surface area contributed by atoms with E-state index in [1.54, 1.807) is 16.7 Å². The second-order valence-corrected chi connectivity index (χ2v) is 7.78. The van der Waals surface area contributed by atoms with Gasteiger partial charge in [-0.3, -0.25) is 9.59 Å². The molecule has 9 heteroatoms. The topological polar surface area (TPSA) is 102 Å². The maximum absolute atomic E-state index is 12.2. The third-order valence-corrected chi connectivity index (χ3v) is 5.89. The number of thioether (sulfide) groups is 1. The second-order valence-electron chi connectivity index (χ2n) is 6.84. The molecule has 27 heavy (non-hydrogen) atoms. The summed E-state index contributed by atoms with van der Waals surface area (Å²) in [5.74, 6) is 1.41. The molecule has 0 aliphatic heterocycles. The highest BCUT2D eigenvalue weighted by Gasteiger charge is 2.23. The molecule has 0 radical (unpaired) electrons. The molecule has 2 heterocycles. The van der Waals surface area contributed by atoms with Gasteiger partial charge in [0.1, 0.15) is 0 Å². The summed E-state index contributed by atoms with van der Waals surface area (Å²) in [5.41, 5.74) is 0. The predicted molar refractivity (Wildman–Crippen MR) is 101 cm³/mol.